The number of nitrogens with zero attached hydrogens (tertiary/aromatic N) is 2. The van der Waals surface area contributed by atoms with Crippen LogP contribution in [0.3, 0.4) is 0 Å². The number of fused-ring (bicyclic) bond motifs is 1. The van der Waals surface area contributed by atoms with Crippen LogP contribution in [0.5, 0.6) is 5.75 Å². The van der Waals surface area contributed by atoms with E-state index in [9.17, 15) is 0 Å². The largest absolute Gasteiger partial charge is 0.497 e. The second-order valence-electron chi connectivity index (χ2n) is 6.31. The Morgan fingerprint density at radius 3 is 2.44 bits per heavy atom. The quantitative estimate of drug-likeness (QED) is 0.384. The van der Waals surface area contributed by atoms with Crippen LogP contribution >= 0.6 is 0 Å². The standard InChI is InChI=1S/C23H21N3O/c1-27-21-13-11-20(12-14-21)25-24-15-19-17-26(16-18-7-3-2-4-8-18)23-10-6-5-9-22(19)23/h2-15,17,25H,16H2,1H3/b24-15+. The zero-order valence-corrected chi connectivity index (χ0v) is 15.2. The molecule has 4 aromatic rings. The van der Waals surface area contributed by atoms with Crippen LogP contribution in [0.15, 0.2) is 90.2 Å². The molecule has 0 atom stereocenters. The number of aromatic nitrogens is 1. The lowest BCUT2D eigenvalue weighted by Gasteiger charge is -2.05. The summed E-state index contributed by atoms with van der Waals surface area (Å²) in [6.07, 6.45) is 4.02. The van der Waals surface area contributed by atoms with Crippen molar-refractivity contribution in [3.8, 4) is 5.75 Å². The number of hydrogen-bond donors (Lipinski definition) is 1. The predicted octanol–water partition coefficient (Wildman–Crippen LogP) is 5.14. The minimum atomic E-state index is 0.827. The molecule has 27 heavy (non-hydrogen) atoms. The topological polar surface area (TPSA) is 38.5 Å². The van der Waals surface area contributed by atoms with Gasteiger partial charge in [0.1, 0.15) is 5.75 Å². The molecule has 1 heterocycles. The van der Waals surface area contributed by atoms with Crippen molar-refractivity contribution in [1.82, 2.24) is 4.57 Å². The lowest BCUT2D eigenvalue weighted by molar-refractivity contribution is 0.415. The second kappa shape index (κ2) is 7.79. The van der Waals surface area contributed by atoms with E-state index in [0.29, 0.717) is 0 Å². The molecule has 0 bridgehead atoms. The van der Waals surface area contributed by atoms with Crippen LogP contribution in [0.4, 0.5) is 5.69 Å². The molecule has 0 amide bonds. The Hall–Kier alpha value is -3.53. The number of para-hydroxylation sites is 1. The molecule has 4 rings (SSSR count). The Labute approximate surface area is 158 Å². The average molecular weight is 355 g/mol. The Bertz CT molecular complexity index is 1050. The van der Waals surface area contributed by atoms with Crippen LogP contribution in [0, 0.1) is 0 Å². The Balaban J connectivity index is 1.57. The summed E-state index contributed by atoms with van der Waals surface area (Å²) in [6, 6.07) is 26.6. The third kappa shape index (κ3) is 3.85. The van der Waals surface area contributed by atoms with Crippen molar-refractivity contribution in [2.45, 2.75) is 6.54 Å². The van der Waals surface area contributed by atoms with Crippen LogP contribution in [0.25, 0.3) is 10.9 Å². The van der Waals surface area contributed by atoms with Crippen molar-refractivity contribution < 1.29 is 4.74 Å². The Morgan fingerprint density at radius 2 is 1.67 bits per heavy atom. The van der Waals surface area contributed by atoms with Gasteiger partial charge in [-0.3, -0.25) is 5.43 Å². The van der Waals surface area contributed by atoms with Gasteiger partial charge in [0.05, 0.1) is 19.0 Å². The second-order valence-corrected chi connectivity index (χ2v) is 6.31. The highest BCUT2D eigenvalue weighted by Gasteiger charge is 2.07. The van der Waals surface area contributed by atoms with Gasteiger partial charge in [0.15, 0.2) is 0 Å². The summed E-state index contributed by atoms with van der Waals surface area (Å²) in [4.78, 5) is 0. The zero-order chi connectivity index (χ0) is 18.5. The number of ether oxygens (including phenoxy) is 1. The fourth-order valence-corrected chi connectivity index (χ4v) is 3.13. The molecule has 3 aromatic carbocycles. The molecule has 0 aliphatic heterocycles. The zero-order valence-electron chi connectivity index (χ0n) is 15.2. The number of hydrogen-bond acceptors (Lipinski definition) is 3. The monoisotopic (exact) mass is 355 g/mol. The van der Waals surface area contributed by atoms with Crippen LogP contribution in [-0.4, -0.2) is 17.9 Å². The van der Waals surface area contributed by atoms with Crippen LogP contribution < -0.4 is 10.2 Å². The van der Waals surface area contributed by atoms with Crippen molar-refractivity contribution in [3.63, 3.8) is 0 Å². The number of nitrogens with one attached hydrogen (secondary N) is 1. The Morgan fingerprint density at radius 1 is 0.926 bits per heavy atom. The molecule has 0 fully saturated rings. The fraction of sp³-hybridized carbons (Fsp3) is 0.0870. The molecule has 4 nitrogen and oxygen atoms in total. The van der Waals surface area contributed by atoms with E-state index in [4.69, 9.17) is 4.74 Å². The highest BCUT2D eigenvalue weighted by atomic mass is 16.5. The fourth-order valence-electron chi connectivity index (χ4n) is 3.13. The summed E-state index contributed by atoms with van der Waals surface area (Å²) in [6.45, 7) is 0.834. The van der Waals surface area contributed by atoms with E-state index < -0.39 is 0 Å². The minimum absolute atomic E-state index is 0.827. The first kappa shape index (κ1) is 16.9. The first-order valence-corrected chi connectivity index (χ1v) is 8.88. The highest BCUT2D eigenvalue weighted by molar-refractivity contribution is 5.99. The molecule has 0 spiro atoms. The molecule has 0 radical (unpaired) electrons. The van der Waals surface area contributed by atoms with Crippen molar-refractivity contribution in [2.24, 2.45) is 5.10 Å². The van der Waals surface area contributed by atoms with Gasteiger partial charge in [-0.1, -0.05) is 48.5 Å². The lowest BCUT2D eigenvalue weighted by atomic mass is 10.2. The number of benzene rings is 3. The van der Waals surface area contributed by atoms with E-state index in [-0.39, 0.29) is 0 Å². The van der Waals surface area contributed by atoms with Gasteiger partial charge in [-0.2, -0.15) is 5.10 Å². The summed E-state index contributed by atoms with van der Waals surface area (Å²) in [5.41, 5.74) is 7.55. The van der Waals surface area contributed by atoms with Gasteiger partial charge in [-0.15, -0.1) is 0 Å². The maximum atomic E-state index is 5.17. The van der Waals surface area contributed by atoms with Crippen molar-refractivity contribution in [3.05, 3.63) is 96.2 Å². The maximum Gasteiger partial charge on any atom is 0.119 e. The molecule has 1 aromatic heterocycles. The van der Waals surface area contributed by atoms with Gasteiger partial charge in [-0.05, 0) is 35.9 Å². The summed E-state index contributed by atoms with van der Waals surface area (Å²) in [5, 5.41) is 5.60. The van der Waals surface area contributed by atoms with E-state index in [2.05, 4.69) is 69.8 Å². The van der Waals surface area contributed by atoms with Gasteiger partial charge in [-0.25, -0.2) is 0 Å². The first-order valence-electron chi connectivity index (χ1n) is 8.88. The molecule has 0 aliphatic carbocycles. The first-order chi connectivity index (χ1) is 13.3. The van der Waals surface area contributed by atoms with Gasteiger partial charge >= 0.3 is 0 Å². The predicted molar refractivity (Wildman–Crippen MR) is 112 cm³/mol. The lowest BCUT2D eigenvalue weighted by Crippen LogP contribution is -1.97. The number of rotatable bonds is 6. The molecule has 0 saturated heterocycles. The molecule has 1 N–H and O–H groups in total. The SMILES string of the molecule is COc1ccc(N/N=C/c2cn(Cc3ccccc3)c3ccccc23)cc1. The molecule has 0 unspecified atom stereocenters. The minimum Gasteiger partial charge on any atom is -0.497 e. The summed E-state index contributed by atoms with van der Waals surface area (Å²) >= 11 is 0. The summed E-state index contributed by atoms with van der Waals surface area (Å²) < 4.78 is 7.44. The van der Waals surface area contributed by atoms with Crippen molar-refractivity contribution >= 4 is 22.8 Å². The smallest absolute Gasteiger partial charge is 0.119 e. The number of anilines is 1. The maximum absolute atomic E-state index is 5.17. The van der Waals surface area contributed by atoms with E-state index in [1.807, 2.05) is 36.5 Å². The van der Waals surface area contributed by atoms with Gasteiger partial charge in [0.25, 0.3) is 0 Å². The molecular weight excluding hydrogens is 334 g/mol. The van der Waals surface area contributed by atoms with E-state index in [1.165, 1.54) is 16.5 Å². The van der Waals surface area contributed by atoms with E-state index >= 15 is 0 Å². The van der Waals surface area contributed by atoms with Gasteiger partial charge < -0.3 is 9.30 Å². The van der Waals surface area contributed by atoms with Gasteiger partial charge in [0.2, 0.25) is 0 Å². The molecule has 134 valence electrons. The number of methoxy groups -OCH3 is 1. The number of hydrazone groups is 1. The van der Waals surface area contributed by atoms with Crippen LogP contribution in [-0.2, 0) is 6.54 Å². The molecule has 4 heteroatoms. The molecule has 0 saturated carbocycles. The molecule has 0 aliphatic rings. The van der Waals surface area contributed by atoms with Crippen molar-refractivity contribution in [2.75, 3.05) is 12.5 Å². The van der Waals surface area contributed by atoms with E-state index in [1.54, 1.807) is 7.11 Å². The Kier molecular flexibility index (Phi) is 4.88. The summed E-state index contributed by atoms with van der Waals surface area (Å²) in [5.74, 6) is 0.827. The van der Waals surface area contributed by atoms with Crippen LogP contribution in [0.2, 0.25) is 0 Å². The third-order valence-corrected chi connectivity index (χ3v) is 4.50. The van der Waals surface area contributed by atoms with Crippen molar-refractivity contribution in [1.29, 1.82) is 0 Å². The normalized spacial score (nSPS) is 11.1. The third-order valence-electron chi connectivity index (χ3n) is 4.50. The average Bonchev–Trinajstić information content (AvgIpc) is 3.07. The highest BCUT2D eigenvalue weighted by Crippen LogP contribution is 2.21. The van der Waals surface area contributed by atoms with Crippen LogP contribution in [0.1, 0.15) is 11.1 Å². The van der Waals surface area contributed by atoms with E-state index in [0.717, 1.165) is 23.5 Å². The summed E-state index contributed by atoms with van der Waals surface area (Å²) in [7, 11) is 1.66. The molecular formula is C23H21N3O. The van der Waals surface area contributed by atoms with Gasteiger partial charge in [0, 0.05) is 29.2 Å².